The third-order valence-corrected chi connectivity index (χ3v) is 3.30. The lowest BCUT2D eigenvalue weighted by atomic mass is 9.68. The quantitative estimate of drug-likeness (QED) is 0.584. The highest BCUT2D eigenvalue weighted by Gasteiger charge is 2.31. The molecule has 0 heterocycles. The fraction of sp³-hybridized carbons (Fsp3) is 0.636. The van der Waals surface area contributed by atoms with Gasteiger partial charge in [0.15, 0.2) is 0 Å². The molecule has 0 fully saturated rings. The molecule has 0 spiro atoms. The molecule has 2 N–H and O–H groups in total. The van der Waals surface area contributed by atoms with Gasteiger partial charge in [-0.3, -0.25) is 0 Å². The number of hydrogen-bond acceptors (Lipinski definition) is 1. The molecule has 0 aromatic heterocycles. The zero-order chi connectivity index (χ0) is 8.60. The van der Waals surface area contributed by atoms with Crippen LogP contribution >= 0.6 is 0 Å². The van der Waals surface area contributed by atoms with Crippen molar-refractivity contribution in [1.82, 2.24) is 0 Å². The van der Waals surface area contributed by atoms with Crippen LogP contribution in [0.4, 0.5) is 0 Å². The van der Waals surface area contributed by atoms with Gasteiger partial charge >= 0.3 is 0 Å². The highest BCUT2D eigenvalue weighted by Crippen LogP contribution is 2.45. The van der Waals surface area contributed by atoms with Gasteiger partial charge in [0.1, 0.15) is 0 Å². The average Bonchev–Trinajstić information content (AvgIpc) is 2.06. The van der Waals surface area contributed by atoms with Gasteiger partial charge in [0.05, 0.1) is 0 Å². The van der Waals surface area contributed by atoms with E-state index in [0.717, 1.165) is 12.1 Å². The number of allylic oxidation sites excluding steroid dienone is 4. The Morgan fingerprint density at radius 2 is 2.25 bits per heavy atom. The van der Waals surface area contributed by atoms with E-state index in [4.69, 9.17) is 5.73 Å². The lowest BCUT2D eigenvalue weighted by Crippen LogP contribution is -2.26. The van der Waals surface area contributed by atoms with Gasteiger partial charge in [-0.05, 0) is 49.2 Å². The van der Waals surface area contributed by atoms with Crippen LogP contribution in [0.2, 0.25) is 0 Å². The van der Waals surface area contributed by atoms with E-state index in [1.807, 2.05) is 0 Å². The Bertz CT molecular complexity index is 250. The van der Waals surface area contributed by atoms with Crippen molar-refractivity contribution in [2.24, 2.45) is 11.1 Å². The molecule has 2 aliphatic rings. The molecule has 12 heavy (non-hydrogen) atoms. The Kier molecular flexibility index (Phi) is 1.75. The van der Waals surface area contributed by atoms with Gasteiger partial charge in [-0.15, -0.1) is 0 Å². The predicted molar refractivity (Wildman–Crippen MR) is 51.5 cm³/mol. The third-order valence-electron chi connectivity index (χ3n) is 3.30. The van der Waals surface area contributed by atoms with Crippen LogP contribution in [0.5, 0.6) is 0 Å². The largest absolute Gasteiger partial charge is 0.402 e. The van der Waals surface area contributed by atoms with Crippen LogP contribution in [-0.2, 0) is 0 Å². The molecule has 1 unspecified atom stereocenters. The SMILES string of the molecule is CC12CCCC=C1C=C(N)CC2. The Morgan fingerprint density at radius 1 is 1.42 bits per heavy atom. The lowest BCUT2D eigenvalue weighted by Gasteiger charge is -2.37. The van der Waals surface area contributed by atoms with E-state index >= 15 is 0 Å². The maximum absolute atomic E-state index is 5.82. The van der Waals surface area contributed by atoms with Gasteiger partial charge in [-0.2, -0.15) is 0 Å². The van der Waals surface area contributed by atoms with Crippen molar-refractivity contribution in [2.45, 2.75) is 39.0 Å². The zero-order valence-electron chi connectivity index (χ0n) is 7.77. The van der Waals surface area contributed by atoms with Crippen LogP contribution in [0.3, 0.4) is 0 Å². The fourth-order valence-corrected chi connectivity index (χ4v) is 2.34. The van der Waals surface area contributed by atoms with Gasteiger partial charge in [0, 0.05) is 5.70 Å². The second-order valence-electron chi connectivity index (χ2n) is 4.33. The summed E-state index contributed by atoms with van der Waals surface area (Å²) >= 11 is 0. The molecule has 0 amide bonds. The summed E-state index contributed by atoms with van der Waals surface area (Å²) in [6.45, 7) is 2.38. The number of nitrogens with two attached hydrogens (primary N) is 1. The maximum atomic E-state index is 5.82. The Hall–Kier alpha value is -0.720. The zero-order valence-corrected chi connectivity index (χ0v) is 7.77. The van der Waals surface area contributed by atoms with Gasteiger partial charge in [0.2, 0.25) is 0 Å². The summed E-state index contributed by atoms with van der Waals surface area (Å²) < 4.78 is 0. The first-order valence-corrected chi connectivity index (χ1v) is 4.87. The smallest absolute Gasteiger partial charge is 0.00836 e. The monoisotopic (exact) mass is 163 g/mol. The number of fused-ring (bicyclic) bond motifs is 1. The minimum Gasteiger partial charge on any atom is -0.402 e. The van der Waals surface area contributed by atoms with Gasteiger partial charge in [0.25, 0.3) is 0 Å². The first-order chi connectivity index (χ1) is 5.71. The van der Waals surface area contributed by atoms with Crippen molar-refractivity contribution in [2.75, 3.05) is 0 Å². The van der Waals surface area contributed by atoms with Crippen LogP contribution < -0.4 is 5.73 Å². The molecule has 0 bridgehead atoms. The summed E-state index contributed by atoms with van der Waals surface area (Å²) in [5.41, 5.74) is 8.85. The fourth-order valence-electron chi connectivity index (χ4n) is 2.34. The molecule has 1 atom stereocenters. The van der Waals surface area contributed by atoms with Crippen LogP contribution in [0.1, 0.15) is 39.0 Å². The molecule has 1 nitrogen and oxygen atoms in total. The van der Waals surface area contributed by atoms with Gasteiger partial charge in [-0.25, -0.2) is 0 Å². The minimum atomic E-state index is 0.459. The highest BCUT2D eigenvalue weighted by molar-refractivity contribution is 5.33. The van der Waals surface area contributed by atoms with Crippen molar-refractivity contribution in [3.8, 4) is 0 Å². The molecule has 0 radical (unpaired) electrons. The molecule has 2 rings (SSSR count). The van der Waals surface area contributed by atoms with Crippen LogP contribution in [-0.4, -0.2) is 0 Å². The molecular weight excluding hydrogens is 146 g/mol. The normalized spacial score (nSPS) is 35.1. The van der Waals surface area contributed by atoms with Crippen molar-refractivity contribution in [3.05, 3.63) is 23.4 Å². The highest BCUT2D eigenvalue weighted by atomic mass is 14.6. The molecule has 0 aromatic rings. The Labute approximate surface area is 74.3 Å². The minimum absolute atomic E-state index is 0.459. The van der Waals surface area contributed by atoms with E-state index in [0.29, 0.717) is 5.41 Å². The van der Waals surface area contributed by atoms with E-state index in [9.17, 15) is 0 Å². The molecule has 0 aromatic carbocycles. The third kappa shape index (κ3) is 1.17. The Balaban J connectivity index is 2.35. The average molecular weight is 163 g/mol. The van der Waals surface area contributed by atoms with Gasteiger partial charge in [-0.1, -0.05) is 13.0 Å². The standard InChI is InChI=1S/C11H17N/c1-11-6-3-2-4-9(11)8-10(12)5-7-11/h4,8H,2-3,5-7,12H2,1H3. The van der Waals surface area contributed by atoms with E-state index in [1.54, 1.807) is 0 Å². The molecular formula is C11H17N. The first kappa shape index (κ1) is 7.90. The second-order valence-corrected chi connectivity index (χ2v) is 4.33. The second kappa shape index (κ2) is 2.65. The molecule has 0 aliphatic heterocycles. The molecule has 0 saturated carbocycles. The molecule has 66 valence electrons. The first-order valence-electron chi connectivity index (χ1n) is 4.87. The Morgan fingerprint density at radius 3 is 3.08 bits per heavy atom. The van der Waals surface area contributed by atoms with Crippen molar-refractivity contribution >= 4 is 0 Å². The van der Waals surface area contributed by atoms with Crippen LogP contribution in [0.25, 0.3) is 0 Å². The summed E-state index contributed by atoms with van der Waals surface area (Å²) in [4.78, 5) is 0. The predicted octanol–water partition coefficient (Wildman–Crippen LogP) is 2.74. The number of rotatable bonds is 0. The summed E-state index contributed by atoms with van der Waals surface area (Å²) in [5.74, 6) is 0. The summed E-state index contributed by atoms with van der Waals surface area (Å²) in [6.07, 6.45) is 10.9. The molecule has 0 saturated heterocycles. The van der Waals surface area contributed by atoms with Crippen molar-refractivity contribution in [1.29, 1.82) is 0 Å². The lowest BCUT2D eigenvalue weighted by molar-refractivity contribution is 0.310. The maximum Gasteiger partial charge on any atom is 0.00836 e. The van der Waals surface area contributed by atoms with Gasteiger partial charge < -0.3 is 5.73 Å². The number of hydrogen-bond donors (Lipinski definition) is 1. The molecule has 2 aliphatic carbocycles. The van der Waals surface area contributed by atoms with E-state index in [-0.39, 0.29) is 0 Å². The summed E-state index contributed by atoms with van der Waals surface area (Å²) in [5, 5.41) is 0. The molecule has 1 heteroatoms. The topological polar surface area (TPSA) is 26.0 Å². The van der Waals surface area contributed by atoms with Crippen LogP contribution in [0.15, 0.2) is 23.4 Å². The van der Waals surface area contributed by atoms with E-state index < -0.39 is 0 Å². The van der Waals surface area contributed by atoms with Crippen molar-refractivity contribution < 1.29 is 0 Å². The van der Waals surface area contributed by atoms with Crippen molar-refractivity contribution in [3.63, 3.8) is 0 Å². The summed E-state index contributed by atoms with van der Waals surface area (Å²) in [6, 6.07) is 0. The summed E-state index contributed by atoms with van der Waals surface area (Å²) in [7, 11) is 0. The van der Waals surface area contributed by atoms with E-state index in [2.05, 4.69) is 19.1 Å². The van der Waals surface area contributed by atoms with E-state index in [1.165, 1.54) is 31.3 Å². The van der Waals surface area contributed by atoms with Crippen LogP contribution in [0, 0.1) is 5.41 Å².